The van der Waals surface area contributed by atoms with Gasteiger partial charge >= 0.3 is 0 Å². The van der Waals surface area contributed by atoms with Crippen molar-refractivity contribution in [2.45, 2.75) is 50.7 Å². The number of likely N-dealkylation sites (tertiary alicyclic amines) is 1. The van der Waals surface area contributed by atoms with E-state index in [0.717, 1.165) is 38.2 Å². The molecule has 0 N–H and O–H groups in total. The van der Waals surface area contributed by atoms with Crippen LogP contribution in [0.5, 0.6) is 0 Å². The van der Waals surface area contributed by atoms with E-state index in [1.807, 2.05) is 0 Å². The molecular formula is C21H31NO2. The Balaban J connectivity index is 1.40. The van der Waals surface area contributed by atoms with Crippen molar-refractivity contribution >= 4 is 0 Å². The summed E-state index contributed by atoms with van der Waals surface area (Å²) in [6.45, 7) is 5.26. The van der Waals surface area contributed by atoms with E-state index < -0.39 is 0 Å². The number of nitrogens with zero attached hydrogens (tertiary/aromatic N) is 1. The zero-order chi connectivity index (χ0) is 16.2. The molecule has 1 saturated carbocycles. The first kappa shape index (κ1) is 16.6. The van der Waals surface area contributed by atoms with Gasteiger partial charge in [-0.05, 0) is 50.0 Å². The monoisotopic (exact) mass is 329 g/mol. The minimum absolute atomic E-state index is 0.446. The molecule has 0 unspecified atom stereocenters. The van der Waals surface area contributed by atoms with Crippen molar-refractivity contribution in [3.63, 3.8) is 0 Å². The Kier molecular flexibility index (Phi) is 5.51. The molecule has 3 fully saturated rings. The molecule has 1 aromatic carbocycles. The molecule has 0 bridgehead atoms. The number of hydrogen-bond acceptors (Lipinski definition) is 3. The van der Waals surface area contributed by atoms with E-state index in [9.17, 15) is 0 Å². The second-order valence-electron chi connectivity index (χ2n) is 7.89. The standard InChI is InChI=1S/C21H31NO2/c1-2-4-17(5-3-1)14-19-15-22(20-9-12-23-13-10-20)11-8-21(19)24-16-18-6-7-18/h1-5,18-21H,6-16H2/t19-,21-/m1/s1. The summed E-state index contributed by atoms with van der Waals surface area (Å²) in [5.74, 6) is 1.48. The van der Waals surface area contributed by atoms with Gasteiger partial charge in [0.25, 0.3) is 0 Å². The Morgan fingerprint density at radius 1 is 1.00 bits per heavy atom. The fourth-order valence-corrected chi connectivity index (χ4v) is 4.30. The van der Waals surface area contributed by atoms with E-state index in [4.69, 9.17) is 9.47 Å². The van der Waals surface area contributed by atoms with Gasteiger partial charge in [0.1, 0.15) is 0 Å². The number of rotatable bonds is 6. The maximum Gasteiger partial charge on any atom is 0.0631 e. The van der Waals surface area contributed by atoms with Crippen LogP contribution in [0.1, 0.15) is 37.7 Å². The Hall–Kier alpha value is -0.900. The van der Waals surface area contributed by atoms with Gasteiger partial charge < -0.3 is 9.47 Å². The molecule has 1 aliphatic carbocycles. The quantitative estimate of drug-likeness (QED) is 0.797. The summed E-state index contributed by atoms with van der Waals surface area (Å²) in [7, 11) is 0. The second-order valence-corrected chi connectivity index (χ2v) is 7.89. The zero-order valence-corrected chi connectivity index (χ0v) is 14.7. The molecule has 24 heavy (non-hydrogen) atoms. The van der Waals surface area contributed by atoms with Crippen LogP contribution < -0.4 is 0 Å². The highest BCUT2D eigenvalue weighted by atomic mass is 16.5. The highest BCUT2D eigenvalue weighted by Gasteiger charge is 2.34. The summed E-state index contributed by atoms with van der Waals surface area (Å²) < 4.78 is 11.9. The number of ether oxygens (including phenoxy) is 2. The summed E-state index contributed by atoms with van der Waals surface area (Å²) in [6.07, 6.45) is 7.95. The molecule has 0 spiro atoms. The van der Waals surface area contributed by atoms with Gasteiger partial charge in [0.15, 0.2) is 0 Å². The van der Waals surface area contributed by atoms with Crippen LogP contribution in [0, 0.1) is 11.8 Å². The predicted molar refractivity (Wildman–Crippen MR) is 96.1 cm³/mol. The maximum absolute atomic E-state index is 6.38. The Labute approximate surface area is 146 Å². The molecule has 2 saturated heterocycles. The maximum atomic E-state index is 6.38. The predicted octanol–water partition coefficient (Wildman–Crippen LogP) is 3.53. The van der Waals surface area contributed by atoms with Crippen molar-refractivity contribution in [3.05, 3.63) is 35.9 Å². The van der Waals surface area contributed by atoms with Gasteiger partial charge in [-0.15, -0.1) is 0 Å². The third-order valence-electron chi connectivity index (χ3n) is 5.99. The van der Waals surface area contributed by atoms with Crippen LogP contribution in [0.2, 0.25) is 0 Å². The first-order valence-corrected chi connectivity index (χ1v) is 9.86. The lowest BCUT2D eigenvalue weighted by atomic mass is 9.87. The minimum Gasteiger partial charge on any atom is -0.381 e. The SMILES string of the molecule is c1ccc(C[C@@H]2CN(C3CCOCC3)CC[C@H]2OCC2CC2)cc1. The number of piperidine rings is 1. The zero-order valence-electron chi connectivity index (χ0n) is 14.7. The van der Waals surface area contributed by atoms with Gasteiger partial charge in [0, 0.05) is 44.9 Å². The first-order chi connectivity index (χ1) is 11.9. The fraction of sp³-hybridized carbons (Fsp3) is 0.714. The van der Waals surface area contributed by atoms with Crippen LogP contribution in [0.4, 0.5) is 0 Å². The highest BCUT2D eigenvalue weighted by Crippen LogP contribution is 2.32. The largest absolute Gasteiger partial charge is 0.381 e. The molecule has 0 amide bonds. The van der Waals surface area contributed by atoms with Crippen molar-refractivity contribution in [2.24, 2.45) is 11.8 Å². The smallest absolute Gasteiger partial charge is 0.0631 e. The molecule has 3 aliphatic rings. The Morgan fingerprint density at radius 3 is 2.54 bits per heavy atom. The third-order valence-corrected chi connectivity index (χ3v) is 5.99. The lowest BCUT2D eigenvalue weighted by Gasteiger charge is -2.43. The highest BCUT2D eigenvalue weighted by molar-refractivity contribution is 5.16. The molecule has 0 aromatic heterocycles. The summed E-state index contributed by atoms with van der Waals surface area (Å²) in [6, 6.07) is 11.7. The van der Waals surface area contributed by atoms with Crippen LogP contribution in [0.15, 0.2) is 30.3 Å². The van der Waals surface area contributed by atoms with Crippen molar-refractivity contribution in [1.82, 2.24) is 4.90 Å². The van der Waals surface area contributed by atoms with E-state index >= 15 is 0 Å². The van der Waals surface area contributed by atoms with Crippen LogP contribution in [0.3, 0.4) is 0 Å². The van der Waals surface area contributed by atoms with E-state index in [2.05, 4.69) is 35.2 Å². The average Bonchev–Trinajstić information content (AvgIpc) is 3.47. The van der Waals surface area contributed by atoms with Crippen molar-refractivity contribution in [1.29, 1.82) is 0 Å². The molecule has 2 atom stereocenters. The van der Waals surface area contributed by atoms with Crippen LogP contribution >= 0.6 is 0 Å². The first-order valence-electron chi connectivity index (χ1n) is 9.86. The molecule has 2 aliphatic heterocycles. The van der Waals surface area contributed by atoms with Crippen LogP contribution in [0.25, 0.3) is 0 Å². The van der Waals surface area contributed by atoms with E-state index in [1.54, 1.807) is 0 Å². The molecule has 2 heterocycles. The van der Waals surface area contributed by atoms with Gasteiger partial charge in [-0.3, -0.25) is 4.90 Å². The van der Waals surface area contributed by atoms with Crippen molar-refractivity contribution < 1.29 is 9.47 Å². The Bertz CT molecular complexity index is 496. The number of benzene rings is 1. The van der Waals surface area contributed by atoms with E-state index in [-0.39, 0.29) is 0 Å². The molecule has 1 aromatic rings. The van der Waals surface area contributed by atoms with Crippen molar-refractivity contribution in [3.8, 4) is 0 Å². The van der Waals surface area contributed by atoms with Gasteiger partial charge in [-0.1, -0.05) is 30.3 Å². The van der Waals surface area contributed by atoms with E-state index in [0.29, 0.717) is 12.0 Å². The molecule has 3 heteroatoms. The van der Waals surface area contributed by atoms with Gasteiger partial charge in [0.2, 0.25) is 0 Å². The van der Waals surface area contributed by atoms with Crippen LogP contribution in [-0.2, 0) is 15.9 Å². The van der Waals surface area contributed by atoms with Gasteiger partial charge in [-0.2, -0.15) is 0 Å². The second kappa shape index (κ2) is 7.99. The van der Waals surface area contributed by atoms with Gasteiger partial charge in [0.05, 0.1) is 6.10 Å². The Morgan fingerprint density at radius 2 is 1.79 bits per heavy atom. The summed E-state index contributed by atoms with van der Waals surface area (Å²) in [5.41, 5.74) is 1.45. The molecule has 132 valence electrons. The topological polar surface area (TPSA) is 21.7 Å². The lowest BCUT2D eigenvalue weighted by Crippen LogP contribution is -2.50. The molecule has 4 rings (SSSR count). The molecule has 3 nitrogen and oxygen atoms in total. The normalized spacial score (nSPS) is 29.7. The molecular weight excluding hydrogens is 298 g/mol. The van der Waals surface area contributed by atoms with E-state index in [1.165, 1.54) is 50.8 Å². The lowest BCUT2D eigenvalue weighted by molar-refractivity contribution is -0.0583. The summed E-state index contributed by atoms with van der Waals surface area (Å²) >= 11 is 0. The average molecular weight is 329 g/mol. The third kappa shape index (κ3) is 4.38. The van der Waals surface area contributed by atoms with Crippen molar-refractivity contribution in [2.75, 3.05) is 32.9 Å². The van der Waals surface area contributed by atoms with Gasteiger partial charge in [-0.25, -0.2) is 0 Å². The number of hydrogen-bond donors (Lipinski definition) is 0. The van der Waals surface area contributed by atoms with Crippen LogP contribution in [-0.4, -0.2) is 50.0 Å². The minimum atomic E-state index is 0.446. The fourth-order valence-electron chi connectivity index (χ4n) is 4.30. The summed E-state index contributed by atoms with van der Waals surface area (Å²) in [5, 5.41) is 0. The molecule has 0 radical (unpaired) electrons. The summed E-state index contributed by atoms with van der Waals surface area (Å²) in [4.78, 5) is 2.73.